The molecule has 0 aromatic heterocycles. The van der Waals surface area contributed by atoms with Crippen LogP contribution in [-0.2, 0) is 14.2 Å². The van der Waals surface area contributed by atoms with Crippen LogP contribution in [-0.4, -0.2) is 32.2 Å². The van der Waals surface area contributed by atoms with E-state index in [-0.39, 0.29) is 6.29 Å². The van der Waals surface area contributed by atoms with Gasteiger partial charge in [-0.1, -0.05) is 13.8 Å². The summed E-state index contributed by atoms with van der Waals surface area (Å²) in [6.45, 7) is 12.4. The SMILES string of the molecule is CCOC(CCOC(C)C(C)C)OCC. The quantitative estimate of drug-likeness (QED) is 0.557. The Kier molecular flexibility index (Phi) is 9.06. The predicted molar refractivity (Wildman–Crippen MR) is 61.9 cm³/mol. The highest BCUT2D eigenvalue weighted by Crippen LogP contribution is 2.08. The molecule has 0 aliphatic heterocycles. The second-order valence-electron chi connectivity index (χ2n) is 3.95. The maximum Gasteiger partial charge on any atom is 0.159 e. The smallest absolute Gasteiger partial charge is 0.159 e. The van der Waals surface area contributed by atoms with E-state index in [0.717, 1.165) is 6.42 Å². The zero-order valence-electron chi connectivity index (χ0n) is 10.8. The summed E-state index contributed by atoms with van der Waals surface area (Å²) in [4.78, 5) is 0. The standard InChI is InChI=1S/C12H26O3/c1-6-13-12(14-7-2)8-9-15-11(5)10(3)4/h10-12H,6-9H2,1-5H3. The van der Waals surface area contributed by atoms with Crippen molar-refractivity contribution in [1.29, 1.82) is 0 Å². The molecule has 0 aliphatic rings. The van der Waals surface area contributed by atoms with E-state index in [9.17, 15) is 0 Å². The van der Waals surface area contributed by atoms with Crippen molar-refractivity contribution in [2.75, 3.05) is 19.8 Å². The Morgan fingerprint density at radius 1 is 0.867 bits per heavy atom. The molecule has 15 heavy (non-hydrogen) atoms. The van der Waals surface area contributed by atoms with Crippen LogP contribution in [0.15, 0.2) is 0 Å². The van der Waals surface area contributed by atoms with Gasteiger partial charge in [0, 0.05) is 19.6 Å². The molecule has 0 radical (unpaired) electrons. The van der Waals surface area contributed by atoms with Gasteiger partial charge in [-0.3, -0.25) is 0 Å². The highest BCUT2D eigenvalue weighted by Gasteiger charge is 2.11. The minimum atomic E-state index is -0.112. The van der Waals surface area contributed by atoms with Crippen LogP contribution in [0.2, 0.25) is 0 Å². The lowest BCUT2D eigenvalue weighted by Crippen LogP contribution is -2.22. The monoisotopic (exact) mass is 218 g/mol. The van der Waals surface area contributed by atoms with Gasteiger partial charge in [0.05, 0.1) is 12.7 Å². The van der Waals surface area contributed by atoms with E-state index in [1.54, 1.807) is 0 Å². The molecule has 0 aromatic carbocycles. The Bertz CT molecular complexity index is 131. The van der Waals surface area contributed by atoms with E-state index in [1.165, 1.54) is 0 Å². The molecule has 3 heteroatoms. The van der Waals surface area contributed by atoms with Crippen LogP contribution in [0.3, 0.4) is 0 Å². The molecule has 0 spiro atoms. The molecule has 0 bridgehead atoms. The summed E-state index contributed by atoms with van der Waals surface area (Å²) in [7, 11) is 0. The molecule has 0 N–H and O–H groups in total. The van der Waals surface area contributed by atoms with Gasteiger partial charge in [-0.05, 0) is 26.7 Å². The first-order valence-corrected chi connectivity index (χ1v) is 5.96. The minimum absolute atomic E-state index is 0.112. The van der Waals surface area contributed by atoms with Gasteiger partial charge in [0.25, 0.3) is 0 Å². The Labute approximate surface area is 94.1 Å². The van der Waals surface area contributed by atoms with E-state index in [4.69, 9.17) is 14.2 Å². The molecule has 0 amide bonds. The zero-order chi connectivity index (χ0) is 11.7. The summed E-state index contributed by atoms with van der Waals surface area (Å²) >= 11 is 0. The Morgan fingerprint density at radius 3 is 1.80 bits per heavy atom. The first-order chi connectivity index (χ1) is 7.11. The molecule has 3 nitrogen and oxygen atoms in total. The number of hydrogen-bond donors (Lipinski definition) is 0. The molecule has 1 atom stereocenters. The maximum absolute atomic E-state index is 5.67. The molecule has 0 saturated carbocycles. The summed E-state index contributed by atoms with van der Waals surface area (Å²) < 4.78 is 16.5. The number of rotatable bonds is 9. The third-order valence-electron chi connectivity index (χ3n) is 2.38. The third kappa shape index (κ3) is 7.77. The van der Waals surface area contributed by atoms with Gasteiger partial charge in [-0.15, -0.1) is 0 Å². The van der Waals surface area contributed by atoms with Crippen LogP contribution in [0.4, 0.5) is 0 Å². The van der Waals surface area contributed by atoms with E-state index >= 15 is 0 Å². The minimum Gasteiger partial charge on any atom is -0.378 e. The highest BCUT2D eigenvalue weighted by atomic mass is 16.7. The lowest BCUT2D eigenvalue weighted by Gasteiger charge is -2.20. The second kappa shape index (κ2) is 9.13. The molecule has 0 aliphatic carbocycles. The summed E-state index contributed by atoms with van der Waals surface area (Å²) in [6, 6.07) is 0. The van der Waals surface area contributed by atoms with Crippen molar-refractivity contribution < 1.29 is 14.2 Å². The molecule has 1 unspecified atom stereocenters. The molecule has 0 saturated heterocycles. The van der Waals surface area contributed by atoms with Crippen LogP contribution >= 0.6 is 0 Å². The van der Waals surface area contributed by atoms with E-state index in [2.05, 4.69) is 20.8 Å². The molecule has 0 aromatic rings. The van der Waals surface area contributed by atoms with Crippen LogP contribution in [0.25, 0.3) is 0 Å². The van der Waals surface area contributed by atoms with Crippen molar-refractivity contribution in [2.45, 2.75) is 53.4 Å². The number of ether oxygens (including phenoxy) is 3. The van der Waals surface area contributed by atoms with E-state index in [0.29, 0.717) is 31.8 Å². The van der Waals surface area contributed by atoms with Gasteiger partial charge >= 0.3 is 0 Å². The molecule has 0 rings (SSSR count). The van der Waals surface area contributed by atoms with Crippen molar-refractivity contribution in [1.82, 2.24) is 0 Å². The Morgan fingerprint density at radius 2 is 1.40 bits per heavy atom. The molecular formula is C12H26O3. The van der Waals surface area contributed by atoms with Crippen LogP contribution in [0.1, 0.15) is 41.0 Å². The van der Waals surface area contributed by atoms with Gasteiger partial charge in [-0.2, -0.15) is 0 Å². The average molecular weight is 218 g/mol. The zero-order valence-corrected chi connectivity index (χ0v) is 10.8. The molecule has 0 fully saturated rings. The van der Waals surface area contributed by atoms with Crippen molar-refractivity contribution in [2.24, 2.45) is 5.92 Å². The van der Waals surface area contributed by atoms with Crippen LogP contribution in [0, 0.1) is 5.92 Å². The fourth-order valence-electron chi connectivity index (χ4n) is 1.13. The second-order valence-corrected chi connectivity index (χ2v) is 3.95. The first kappa shape index (κ1) is 14.9. The Hall–Kier alpha value is -0.120. The fourth-order valence-corrected chi connectivity index (χ4v) is 1.13. The van der Waals surface area contributed by atoms with E-state index in [1.807, 2.05) is 13.8 Å². The van der Waals surface area contributed by atoms with E-state index < -0.39 is 0 Å². The lowest BCUT2D eigenvalue weighted by molar-refractivity contribution is -0.149. The summed E-state index contributed by atoms with van der Waals surface area (Å²) in [5.74, 6) is 0.558. The predicted octanol–water partition coefficient (Wildman–Crippen LogP) is 2.84. The van der Waals surface area contributed by atoms with Crippen molar-refractivity contribution in [3.05, 3.63) is 0 Å². The lowest BCUT2D eigenvalue weighted by atomic mass is 10.1. The van der Waals surface area contributed by atoms with Gasteiger partial charge in [0.1, 0.15) is 0 Å². The third-order valence-corrected chi connectivity index (χ3v) is 2.38. The summed E-state index contributed by atoms with van der Waals surface area (Å²) in [6.07, 6.45) is 0.993. The highest BCUT2D eigenvalue weighted by molar-refractivity contribution is 4.55. The van der Waals surface area contributed by atoms with Crippen molar-refractivity contribution in [3.63, 3.8) is 0 Å². The van der Waals surface area contributed by atoms with Crippen LogP contribution < -0.4 is 0 Å². The molecular weight excluding hydrogens is 192 g/mol. The van der Waals surface area contributed by atoms with Crippen molar-refractivity contribution >= 4 is 0 Å². The topological polar surface area (TPSA) is 27.7 Å². The van der Waals surface area contributed by atoms with Crippen molar-refractivity contribution in [3.8, 4) is 0 Å². The van der Waals surface area contributed by atoms with Gasteiger partial charge in [0.2, 0.25) is 0 Å². The molecule has 0 heterocycles. The largest absolute Gasteiger partial charge is 0.378 e. The maximum atomic E-state index is 5.67. The van der Waals surface area contributed by atoms with Gasteiger partial charge < -0.3 is 14.2 Å². The van der Waals surface area contributed by atoms with Crippen LogP contribution in [0.5, 0.6) is 0 Å². The Balaban J connectivity index is 3.60. The fraction of sp³-hybridized carbons (Fsp3) is 1.00. The summed E-state index contributed by atoms with van der Waals surface area (Å²) in [5, 5.41) is 0. The summed E-state index contributed by atoms with van der Waals surface area (Å²) in [5.41, 5.74) is 0. The molecule has 92 valence electrons. The number of hydrogen-bond acceptors (Lipinski definition) is 3. The normalized spacial score (nSPS) is 13.8. The average Bonchev–Trinajstić information content (AvgIpc) is 2.18. The van der Waals surface area contributed by atoms with Gasteiger partial charge in [0.15, 0.2) is 6.29 Å². The van der Waals surface area contributed by atoms with Gasteiger partial charge in [-0.25, -0.2) is 0 Å². The first-order valence-electron chi connectivity index (χ1n) is 5.96.